The molecular formula is C24H19N3O3. The number of hydrogen-bond donors (Lipinski definition) is 2. The SMILES string of the molecule is Cc1cccc2cc3c(=O)n(CCc4c[nH]c5ccccc45)cc(C(=O)O)c3nc12. The molecule has 0 saturated heterocycles. The Balaban J connectivity index is 1.65. The number of aromatic nitrogens is 3. The van der Waals surface area contributed by atoms with Crippen LogP contribution in [-0.4, -0.2) is 25.6 Å². The Bertz CT molecular complexity index is 1510. The zero-order valence-corrected chi connectivity index (χ0v) is 16.3. The first kappa shape index (κ1) is 18.1. The summed E-state index contributed by atoms with van der Waals surface area (Å²) in [4.78, 5) is 32.9. The number of carbonyl (C=O) groups is 1. The number of carboxylic acids is 1. The van der Waals surface area contributed by atoms with E-state index < -0.39 is 5.97 Å². The molecule has 0 unspecified atom stereocenters. The predicted molar refractivity (Wildman–Crippen MR) is 117 cm³/mol. The van der Waals surface area contributed by atoms with Crippen molar-refractivity contribution in [3.63, 3.8) is 0 Å². The Hall–Kier alpha value is -3.93. The van der Waals surface area contributed by atoms with E-state index in [-0.39, 0.29) is 16.6 Å². The van der Waals surface area contributed by atoms with Crippen LogP contribution >= 0.6 is 0 Å². The van der Waals surface area contributed by atoms with E-state index in [1.807, 2.05) is 55.6 Å². The number of hydrogen-bond acceptors (Lipinski definition) is 3. The van der Waals surface area contributed by atoms with Crippen LogP contribution in [0.5, 0.6) is 0 Å². The highest BCUT2D eigenvalue weighted by atomic mass is 16.4. The van der Waals surface area contributed by atoms with Gasteiger partial charge in [0.1, 0.15) is 5.56 Å². The third-order valence-electron chi connectivity index (χ3n) is 5.61. The van der Waals surface area contributed by atoms with E-state index in [2.05, 4.69) is 9.97 Å². The van der Waals surface area contributed by atoms with Crippen molar-refractivity contribution in [3.05, 3.63) is 88.0 Å². The van der Waals surface area contributed by atoms with E-state index in [4.69, 9.17) is 0 Å². The molecule has 0 bridgehead atoms. The number of rotatable bonds is 4. The minimum Gasteiger partial charge on any atom is -0.478 e. The van der Waals surface area contributed by atoms with E-state index in [1.165, 1.54) is 10.8 Å². The van der Waals surface area contributed by atoms with Gasteiger partial charge < -0.3 is 14.7 Å². The molecule has 30 heavy (non-hydrogen) atoms. The Labute approximate surface area is 171 Å². The molecule has 2 N–H and O–H groups in total. The van der Waals surface area contributed by atoms with Crippen molar-refractivity contribution in [1.82, 2.24) is 14.5 Å². The molecule has 0 atom stereocenters. The number of aromatic amines is 1. The van der Waals surface area contributed by atoms with Crippen LogP contribution in [0.3, 0.4) is 0 Å². The van der Waals surface area contributed by atoms with E-state index in [1.54, 1.807) is 6.07 Å². The number of aromatic carboxylic acids is 1. The van der Waals surface area contributed by atoms with Gasteiger partial charge in [-0.15, -0.1) is 0 Å². The molecule has 0 saturated carbocycles. The van der Waals surface area contributed by atoms with Gasteiger partial charge in [-0.3, -0.25) is 4.79 Å². The summed E-state index contributed by atoms with van der Waals surface area (Å²) in [7, 11) is 0. The summed E-state index contributed by atoms with van der Waals surface area (Å²) < 4.78 is 1.48. The average Bonchev–Trinajstić information content (AvgIpc) is 3.16. The van der Waals surface area contributed by atoms with E-state index in [9.17, 15) is 14.7 Å². The summed E-state index contributed by atoms with van der Waals surface area (Å²) in [6.07, 6.45) is 3.96. The summed E-state index contributed by atoms with van der Waals surface area (Å²) in [6, 6.07) is 15.4. The number of fused-ring (bicyclic) bond motifs is 3. The van der Waals surface area contributed by atoms with Crippen molar-refractivity contribution in [2.24, 2.45) is 0 Å². The van der Waals surface area contributed by atoms with Crippen LogP contribution in [0.2, 0.25) is 0 Å². The monoisotopic (exact) mass is 397 g/mol. The molecule has 0 aliphatic rings. The van der Waals surface area contributed by atoms with Crippen molar-refractivity contribution in [2.45, 2.75) is 19.9 Å². The topological polar surface area (TPSA) is 88.0 Å². The highest BCUT2D eigenvalue weighted by Crippen LogP contribution is 2.23. The normalized spacial score (nSPS) is 11.5. The van der Waals surface area contributed by atoms with Gasteiger partial charge in [0, 0.05) is 35.2 Å². The number of H-pyrrole nitrogens is 1. The molecule has 0 amide bonds. The Morgan fingerprint density at radius 1 is 1.10 bits per heavy atom. The third-order valence-corrected chi connectivity index (χ3v) is 5.61. The second-order valence-electron chi connectivity index (χ2n) is 7.49. The Morgan fingerprint density at radius 3 is 2.77 bits per heavy atom. The van der Waals surface area contributed by atoms with Gasteiger partial charge in [-0.1, -0.05) is 36.4 Å². The van der Waals surface area contributed by atoms with E-state index >= 15 is 0 Å². The second-order valence-corrected chi connectivity index (χ2v) is 7.49. The maximum atomic E-state index is 13.2. The van der Waals surface area contributed by atoms with Gasteiger partial charge in [-0.25, -0.2) is 9.78 Å². The molecule has 5 aromatic rings. The summed E-state index contributed by atoms with van der Waals surface area (Å²) in [5.74, 6) is -1.10. The maximum Gasteiger partial charge on any atom is 0.339 e. The zero-order chi connectivity index (χ0) is 20.8. The fourth-order valence-corrected chi connectivity index (χ4v) is 4.05. The molecule has 5 rings (SSSR count). The number of aryl methyl sites for hydroxylation is 3. The number of nitrogens with zero attached hydrogens (tertiary/aromatic N) is 2. The lowest BCUT2D eigenvalue weighted by molar-refractivity contribution is 0.0698. The predicted octanol–water partition coefficient (Wildman–Crippen LogP) is 4.28. The highest BCUT2D eigenvalue weighted by molar-refractivity contribution is 6.04. The molecule has 0 radical (unpaired) electrons. The Morgan fingerprint density at radius 2 is 1.93 bits per heavy atom. The molecule has 6 heteroatoms. The number of nitrogens with one attached hydrogen (secondary N) is 1. The van der Waals surface area contributed by atoms with Gasteiger partial charge in [0.15, 0.2) is 0 Å². The van der Waals surface area contributed by atoms with Crippen LogP contribution in [0.1, 0.15) is 21.5 Å². The number of carboxylic acid groups (broad SMARTS) is 1. The highest BCUT2D eigenvalue weighted by Gasteiger charge is 2.17. The second kappa shape index (κ2) is 6.84. The van der Waals surface area contributed by atoms with Crippen molar-refractivity contribution in [2.75, 3.05) is 0 Å². The average molecular weight is 397 g/mol. The number of pyridine rings is 2. The lowest BCUT2D eigenvalue weighted by atomic mass is 10.1. The lowest BCUT2D eigenvalue weighted by Crippen LogP contribution is -2.23. The van der Waals surface area contributed by atoms with Crippen molar-refractivity contribution in [1.29, 1.82) is 0 Å². The molecular weight excluding hydrogens is 378 g/mol. The minimum absolute atomic E-state index is 0.0358. The summed E-state index contributed by atoms with van der Waals surface area (Å²) in [6.45, 7) is 2.30. The third kappa shape index (κ3) is 2.85. The quantitative estimate of drug-likeness (QED) is 0.443. The largest absolute Gasteiger partial charge is 0.478 e. The van der Waals surface area contributed by atoms with Crippen LogP contribution < -0.4 is 5.56 Å². The van der Waals surface area contributed by atoms with Gasteiger partial charge in [0.25, 0.3) is 5.56 Å². The van der Waals surface area contributed by atoms with Gasteiger partial charge in [0.2, 0.25) is 0 Å². The fourth-order valence-electron chi connectivity index (χ4n) is 4.05. The van der Waals surface area contributed by atoms with Gasteiger partial charge in [-0.05, 0) is 36.6 Å². The summed E-state index contributed by atoms with van der Waals surface area (Å²) in [5, 5.41) is 12.0. The molecule has 0 aliphatic heterocycles. The molecule has 2 aromatic carbocycles. The molecule has 0 spiro atoms. The van der Waals surface area contributed by atoms with Gasteiger partial charge in [-0.2, -0.15) is 0 Å². The standard InChI is InChI=1S/C24H19N3O3/c1-14-5-4-6-15-11-18-22(26-21(14)15)19(24(29)30)13-27(23(18)28)10-9-16-12-25-20-8-3-2-7-17(16)20/h2-8,11-13,25H,9-10H2,1H3,(H,29,30). The zero-order valence-electron chi connectivity index (χ0n) is 16.3. The molecule has 6 nitrogen and oxygen atoms in total. The summed E-state index contributed by atoms with van der Waals surface area (Å²) in [5.41, 5.74) is 3.81. The molecule has 0 fully saturated rings. The van der Waals surface area contributed by atoms with Crippen LogP contribution in [0, 0.1) is 6.92 Å². The van der Waals surface area contributed by atoms with Crippen molar-refractivity contribution >= 4 is 38.7 Å². The van der Waals surface area contributed by atoms with Crippen molar-refractivity contribution in [3.8, 4) is 0 Å². The molecule has 3 aromatic heterocycles. The first-order chi connectivity index (χ1) is 14.5. The number of benzene rings is 2. The minimum atomic E-state index is -1.10. The van der Waals surface area contributed by atoms with Gasteiger partial charge in [0.05, 0.1) is 16.4 Å². The Kier molecular flexibility index (Phi) is 4.13. The first-order valence-electron chi connectivity index (χ1n) is 9.75. The fraction of sp³-hybridized carbons (Fsp3) is 0.125. The van der Waals surface area contributed by atoms with Crippen LogP contribution in [0.4, 0.5) is 0 Å². The summed E-state index contributed by atoms with van der Waals surface area (Å²) >= 11 is 0. The van der Waals surface area contributed by atoms with Crippen LogP contribution in [0.25, 0.3) is 32.7 Å². The smallest absolute Gasteiger partial charge is 0.339 e. The van der Waals surface area contributed by atoms with Crippen LogP contribution in [-0.2, 0) is 13.0 Å². The van der Waals surface area contributed by atoms with Crippen LogP contribution in [0.15, 0.2) is 65.7 Å². The lowest BCUT2D eigenvalue weighted by Gasteiger charge is -2.11. The van der Waals surface area contributed by atoms with E-state index in [0.717, 1.165) is 27.4 Å². The molecule has 3 heterocycles. The maximum absolute atomic E-state index is 13.2. The molecule has 0 aliphatic carbocycles. The van der Waals surface area contributed by atoms with E-state index in [0.29, 0.717) is 23.9 Å². The van der Waals surface area contributed by atoms with Gasteiger partial charge >= 0.3 is 5.97 Å². The molecule has 148 valence electrons. The van der Waals surface area contributed by atoms with Crippen molar-refractivity contribution < 1.29 is 9.90 Å². The first-order valence-corrected chi connectivity index (χ1v) is 9.75. The number of para-hydroxylation sites is 2.